The second kappa shape index (κ2) is 6.37. The van der Waals surface area contributed by atoms with E-state index in [1.54, 1.807) is 12.1 Å². The summed E-state index contributed by atoms with van der Waals surface area (Å²) in [6, 6.07) is 7.32. The molecule has 1 atom stereocenters. The molecule has 0 bridgehead atoms. The van der Waals surface area contributed by atoms with Gasteiger partial charge in [0.2, 0.25) is 11.8 Å². The van der Waals surface area contributed by atoms with Gasteiger partial charge in [-0.1, -0.05) is 25.1 Å². The molecular weight excluding hydrogens is 297 g/mol. The Morgan fingerprint density at radius 2 is 2.05 bits per heavy atom. The van der Waals surface area contributed by atoms with Crippen LogP contribution in [0.1, 0.15) is 18.9 Å². The highest BCUT2D eigenvalue weighted by Crippen LogP contribution is 2.28. The molecule has 7 heteroatoms. The number of hydrogen-bond donors (Lipinski definition) is 1. The van der Waals surface area contributed by atoms with Gasteiger partial charge in [-0.3, -0.25) is 9.59 Å². The van der Waals surface area contributed by atoms with Crippen LogP contribution in [-0.4, -0.2) is 31.1 Å². The van der Waals surface area contributed by atoms with Gasteiger partial charge in [-0.05, 0) is 18.1 Å². The summed E-state index contributed by atoms with van der Waals surface area (Å²) in [4.78, 5) is 25.3. The van der Waals surface area contributed by atoms with Crippen LogP contribution < -0.4 is 10.2 Å². The van der Waals surface area contributed by atoms with Gasteiger partial charge in [0.1, 0.15) is 6.54 Å². The number of benzene rings is 1. The van der Waals surface area contributed by atoms with Gasteiger partial charge >= 0.3 is 6.18 Å². The Balaban J connectivity index is 2.06. The van der Waals surface area contributed by atoms with Crippen molar-refractivity contribution < 1.29 is 22.8 Å². The first-order valence-corrected chi connectivity index (χ1v) is 7.04. The summed E-state index contributed by atoms with van der Waals surface area (Å²) in [5.74, 6) is -1.73. The van der Waals surface area contributed by atoms with E-state index in [0.29, 0.717) is 0 Å². The van der Waals surface area contributed by atoms with Crippen LogP contribution in [0.5, 0.6) is 0 Å². The van der Waals surface area contributed by atoms with Gasteiger partial charge in [-0.15, -0.1) is 0 Å². The van der Waals surface area contributed by atoms with Crippen LogP contribution in [-0.2, 0) is 16.0 Å². The number of para-hydroxylation sites is 1. The highest BCUT2D eigenvalue weighted by Gasteiger charge is 2.37. The topological polar surface area (TPSA) is 49.4 Å². The number of nitrogens with one attached hydrogen (secondary N) is 1. The summed E-state index contributed by atoms with van der Waals surface area (Å²) in [5.41, 5.74) is 1.69. The first-order chi connectivity index (χ1) is 10.3. The molecule has 1 N–H and O–H groups in total. The number of aryl methyl sites for hydroxylation is 1. The zero-order valence-corrected chi connectivity index (χ0v) is 12.1. The van der Waals surface area contributed by atoms with Crippen LogP contribution >= 0.6 is 0 Å². The second-order valence-electron chi connectivity index (χ2n) is 5.22. The van der Waals surface area contributed by atoms with Gasteiger partial charge in [0.05, 0.1) is 5.92 Å². The van der Waals surface area contributed by atoms with Gasteiger partial charge in [0, 0.05) is 18.7 Å². The van der Waals surface area contributed by atoms with Crippen molar-refractivity contribution in [1.82, 2.24) is 5.32 Å². The van der Waals surface area contributed by atoms with E-state index in [9.17, 15) is 22.8 Å². The van der Waals surface area contributed by atoms with Crippen LogP contribution in [0.2, 0.25) is 0 Å². The van der Waals surface area contributed by atoms with Crippen molar-refractivity contribution >= 4 is 17.5 Å². The van der Waals surface area contributed by atoms with Gasteiger partial charge in [-0.2, -0.15) is 13.2 Å². The molecule has 1 heterocycles. The number of anilines is 1. The van der Waals surface area contributed by atoms with E-state index in [1.807, 2.05) is 24.4 Å². The monoisotopic (exact) mass is 314 g/mol. The highest BCUT2D eigenvalue weighted by atomic mass is 19.4. The summed E-state index contributed by atoms with van der Waals surface area (Å²) in [6.07, 6.45) is -3.79. The highest BCUT2D eigenvalue weighted by molar-refractivity contribution is 6.00. The Hall–Kier alpha value is -2.05. The molecule has 22 heavy (non-hydrogen) atoms. The van der Waals surface area contributed by atoms with E-state index in [0.717, 1.165) is 17.7 Å². The molecule has 0 aromatic heterocycles. The third-order valence-corrected chi connectivity index (χ3v) is 3.62. The van der Waals surface area contributed by atoms with Crippen LogP contribution in [0.15, 0.2) is 24.3 Å². The maximum atomic E-state index is 12.1. The minimum Gasteiger partial charge on any atom is -0.347 e. The fourth-order valence-electron chi connectivity index (χ4n) is 2.52. The lowest BCUT2D eigenvalue weighted by molar-refractivity contribution is -0.140. The normalized spacial score (nSPS) is 18.6. The minimum absolute atomic E-state index is 0.0677. The number of amides is 2. The molecule has 1 saturated heterocycles. The van der Waals surface area contributed by atoms with Crippen molar-refractivity contribution in [2.24, 2.45) is 5.92 Å². The maximum Gasteiger partial charge on any atom is 0.405 e. The number of carbonyl (C=O) groups excluding carboxylic acids is 2. The number of carbonyl (C=O) groups is 2. The number of alkyl halides is 3. The first-order valence-electron chi connectivity index (χ1n) is 7.04. The molecule has 1 aliphatic heterocycles. The third-order valence-electron chi connectivity index (χ3n) is 3.62. The van der Waals surface area contributed by atoms with E-state index >= 15 is 0 Å². The van der Waals surface area contributed by atoms with E-state index in [2.05, 4.69) is 0 Å². The van der Waals surface area contributed by atoms with E-state index in [-0.39, 0.29) is 18.9 Å². The zero-order valence-electron chi connectivity index (χ0n) is 12.1. The molecule has 0 saturated carbocycles. The largest absolute Gasteiger partial charge is 0.405 e. The van der Waals surface area contributed by atoms with Crippen molar-refractivity contribution in [2.45, 2.75) is 25.9 Å². The zero-order chi connectivity index (χ0) is 16.3. The van der Waals surface area contributed by atoms with Gasteiger partial charge in [0.15, 0.2) is 0 Å². The molecule has 1 fully saturated rings. The molecule has 1 aliphatic rings. The Morgan fingerprint density at radius 1 is 1.36 bits per heavy atom. The average molecular weight is 314 g/mol. The van der Waals surface area contributed by atoms with Crippen LogP contribution in [0.25, 0.3) is 0 Å². The molecule has 2 rings (SSSR count). The van der Waals surface area contributed by atoms with Gasteiger partial charge in [-0.25, -0.2) is 0 Å². The molecule has 0 spiro atoms. The van der Waals surface area contributed by atoms with Crippen molar-refractivity contribution in [2.75, 3.05) is 18.0 Å². The lowest BCUT2D eigenvalue weighted by Gasteiger charge is -2.20. The quantitative estimate of drug-likeness (QED) is 0.927. The average Bonchev–Trinajstić information content (AvgIpc) is 2.86. The molecule has 0 radical (unpaired) electrons. The number of rotatable bonds is 4. The molecule has 4 nitrogen and oxygen atoms in total. The van der Waals surface area contributed by atoms with E-state index < -0.39 is 24.5 Å². The van der Waals surface area contributed by atoms with Crippen molar-refractivity contribution in [3.63, 3.8) is 0 Å². The maximum absolute atomic E-state index is 12.1. The molecule has 2 amide bonds. The SMILES string of the molecule is CCc1ccccc1N1CC(C(=O)NCC(F)(F)F)CC1=O. The summed E-state index contributed by atoms with van der Waals surface area (Å²) in [6.45, 7) is 0.689. The third kappa shape index (κ3) is 3.78. The fraction of sp³-hybridized carbons (Fsp3) is 0.467. The van der Waals surface area contributed by atoms with Crippen molar-refractivity contribution in [1.29, 1.82) is 0 Å². The lowest BCUT2D eigenvalue weighted by Crippen LogP contribution is -2.38. The standard InChI is InChI=1S/C15H17F3N2O2/c1-2-10-5-3-4-6-12(10)20-8-11(7-13(20)21)14(22)19-9-15(16,17)18/h3-6,11H,2,7-9H2,1H3,(H,19,22). The molecule has 1 unspecified atom stereocenters. The van der Waals surface area contributed by atoms with Crippen LogP contribution in [0.3, 0.4) is 0 Å². The van der Waals surface area contributed by atoms with Crippen molar-refractivity contribution in [3.05, 3.63) is 29.8 Å². The summed E-state index contributed by atoms with van der Waals surface area (Å²) >= 11 is 0. The van der Waals surface area contributed by atoms with Crippen LogP contribution in [0.4, 0.5) is 18.9 Å². The Morgan fingerprint density at radius 3 is 2.68 bits per heavy atom. The van der Waals surface area contributed by atoms with E-state index in [1.165, 1.54) is 4.90 Å². The Kier molecular flexibility index (Phi) is 4.73. The molecule has 0 aliphatic carbocycles. The molecular formula is C15H17F3N2O2. The first kappa shape index (κ1) is 16.3. The number of halogens is 3. The van der Waals surface area contributed by atoms with Crippen molar-refractivity contribution in [3.8, 4) is 0 Å². The molecule has 1 aromatic rings. The predicted molar refractivity (Wildman–Crippen MR) is 75.3 cm³/mol. The predicted octanol–water partition coefficient (Wildman–Crippen LogP) is 2.28. The number of nitrogens with zero attached hydrogens (tertiary/aromatic N) is 1. The Labute approximate surface area is 126 Å². The van der Waals surface area contributed by atoms with Gasteiger partial charge < -0.3 is 10.2 Å². The summed E-state index contributed by atoms with van der Waals surface area (Å²) in [5, 5.41) is 1.84. The Bertz CT molecular complexity index is 572. The minimum atomic E-state index is -4.45. The number of hydrogen-bond acceptors (Lipinski definition) is 2. The van der Waals surface area contributed by atoms with E-state index in [4.69, 9.17) is 0 Å². The summed E-state index contributed by atoms with van der Waals surface area (Å²) in [7, 11) is 0. The molecule has 120 valence electrons. The fourth-order valence-corrected chi connectivity index (χ4v) is 2.52. The second-order valence-corrected chi connectivity index (χ2v) is 5.22. The van der Waals surface area contributed by atoms with Crippen LogP contribution in [0, 0.1) is 5.92 Å². The summed E-state index contributed by atoms with van der Waals surface area (Å²) < 4.78 is 36.4. The van der Waals surface area contributed by atoms with Gasteiger partial charge in [0.25, 0.3) is 0 Å². The molecule has 1 aromatic carbocycles. The smallest absolute Gasteiger partial charge is 0.347 e. The lowest BCUT2D eigenvalue weighted by atomic mass is 10.1.